The number of benzene rings is 1. The number of rotatable bonds is 5. The minimum Gasteiger partial charge on any atom is -0.486 e. The number of thiazole rings is 1. The summed E-state index contributed by atoms with van der Waals surface area (Å²) in [5, 5.41) is 2.91. The number of aromatic nitrogens is 1. The summed E-state index contributed by atoms with van der Waals surface area (Å²) in [5.74, 6) is 1.51. The van der Waals surface area contributed by atoms with Gasteiger partial charge in [-0.15, -0.1) is 11.3 Å². The van der Waals surface area contributed by atoms with Gasteiger partial charge in [-0.25, -0.2) is 4.98 Å². The van der Waals surface area contributed by atoms with E-state index in [2.05, 4.69) is 10.3 Å². The van der Waals surface area contributed by atoms with Gasteiger partial charge >= 0.3 is 0 Å². The van der Waals surface area contributed by atoms with Crippen LogP contribution >= 0.6 is 11.3 Å². The Hall–Kier alpha value is -2.08. The standard InChI is InChI=1S/C16H18N2O3S/c1-11-15(22-10-18-11)6-7-16(19)17-8-12-9-20-13-4-2-3-5-14(13)21-12/h2-5,10,12H,6-9H2,1H3,(H,17,19)/t12-/m1/s1. The summed E-state index contributed by atoms with van der Waals surface area (Å²) < 4.78 is 11.4. The van der Waals surface area contributed by atoms with Gasteiger partial charge in [-0.05, 0) is 25.5 Å². The van der Waals surface area contributed by atoms with Crippen molar-refractivity contribution in [2.75, 3.05) is 13.2 Å². The number of nitrogens with zero attached hydrogens (tertiary/aromatic N) is 1. The molecule has 6 heteroatoms. The molecule has 1 amide bonds. The van der Waals surface area contributed by atoms with Gasteiger partial charge in [0.25, 0.3) is 0 Å². The maximum atomic E-state index is 11.9. The monoisotopic (exact) mass is 318 g/mol. The first-order valence-corrected chi connectivity index (χ1v) is 8.14. The minimum atomic E-state index is -0.149. The van der Waals surface area contributed by atoms with Crippen LogP contribution in [0.4, 0.5) is 0 Å². The van der Waals surface area contributed by atoms with Gasteiger partial charge in [-0.2, -0.15) is 0 Å². The van der Waals surface area contributed by atoms with Crippen molar-refractivity contribution < 1.29 is 14.3 Å². The molecule has 1 aliphatic heterocycles. The van der Waals surface area contributed by atoms with E-state index in [1.54, 1.807) is 11.3 Å². The smallest absolute Gasteiger partial charge is 0.220 e. The SMILES string of the molecule is Cc1ncsc1CCC(=O)NC[C@@H]1COc2ccccc2O1. The number of carbonyl (C=O) groups excluding carboxylic acids is 1. The molecule has 0 aliphatic carbocycles. The Kier molecular flexibility index (Phi) is 4.58. The molecular weight excluding hydrogens is 300 g/mol. The van der Waals surface area contributed by atoms with E-state index < -0.39 is 0 Å². The van der Waals surface area contributed by atoms with Gasteiger partial charge in [-0.3, -0.25) is 4.79 Å². The van der Waals surface area contributed by atoms with Crippen LogP contribution in [0, 0.1) is 6.92 Å². The van der Waals surface area contributed by atoms with Crippen LogP contribution in [0.15, 0.2) is 29.8 Å². The Morgan fingerprint density at radius 2 is 2.23 bits per heavy atom. The number of hydrogen-bond acceptors (Lipinski definition) is 5. The third-order valence-corrected chi connectivity index (χ3v) is 4.51. The lowest BCUT2D eigenvalue weighted by Gasteiger charge is -2.26. The third-order valence-electron chi connectivity index (χ3n) is 3.52. The summed E-state index contributed by atoms with van der Waals surface area (Å²) in [5.41, 5.74) is 2.83. The molecule has 0 saturated carbocycles. The largest absolute Gasteiger partial charge is 0.486 e. The fourth-order valence-corrected chi connectivity index (χ4v) is 3.05. The zero-order chi connectivity index (χ0) is 15.4. The molecule has 0 saturated heterocycles. The number of para-hydroxylation sites is 2. The predicted octanol–water partition coefficient (Wildman–Crippen LogP) is 2.34. The Labute approximate surface area is 133 Å². The molecule has 0 fully saturated rings. The van der Waals surface area contributed by atoms with E-state index in [-0.39, 0.29) is 12.0 Å². The highest BCUT2D eigenvalue weighted by Gasteiger charge is 2.20. The molecule has 1 aliphatic rings. The molecule has 22 heavy (non-hydrogen) atoms. The van der Waals surface area contributed by atoms with Crippen LogP contribution in [0.3, 0.4) is 0 Å². The molecule has 2 heterocycles. The number of nitrogens with one attached hydrogen (secondary N) is 1. The second kappa shape index (κ2) is 6.79. The van der Waals surface area contributed by atoms with E-state index in [0.29, 0.717) is 19.6 Å². The number of ether oxygens (including phenoxy) is 2. The number of fused-ring (bicyclic) bond motifs is 1. The molecule has 0 bridgehead atoms. The topological polar surface area (TPSA) is 60.5 Å². The van der Waals surface area contributed by atoms with Crippen molar-refractivity contribution in [2.24, 2.45) is 0 Å². The zero-order valence-corrected chi connectivity index (χ0v) is 13.2. The van der Waals surface area contributed by atoms with Crippen molar-refractivity contribution in [3.05, 3.63) is 40.3 Å². The zero-order valence-electron chi connectivity index (χ0n) is 12.4. The van der Waals surface area contributed by atoms with E-state index >= 15 is 0 Å². The second-order valence-corrected chi connectivity index (χ2v) is 6.10. The first kappa shape index (κ1) is 14.8. The Morgan fingerprint density at radius 1 is 1.41 bits per heavy atom. The Bertz CT molecular complexity index is 656. The average Bonchev–Trinajstić information content (AvgIpc) is 2.96. The highest BCUT2D eigenvalue weighted by molar-refractivity contribution is 7.09. The molecule has 116 valence electrons. The maximum absolute atomic E-state index is 11.9. The molecule has 0 radical (unpaired) electrons. The molecule has 1 N–H and O–H groups in total. The number of aryl methyl sites for hydroxylation is 2. The fraction of sp³-hybridized carbons (Fsp3) is 0.375. The van der Waals surface area contributed by atoms with Gasteiger partial charge in [0.15, 0.2) is 11.5 Å². The lowest BCUT2D eigenvalue weighted by Crippen LogP contribution is -2.40. The number of carbonyl (C=O) groups is 1. The maximum Gasteiger partial charge on any atom is 0.220 e. The summed E-state index contributed by atoms with van der Waals surface area (Å²) in [6.45, 7) is 2.87. The lowest BCUT2D eigenvalue weighted by molar-refractivity contribution is -0.121. The highest BCUT2D eigenvalue weighted by atomic mass is 32.1. The Balaban J connectivity index is 1.43. The Morgan fingerprint density at radius 3 is 3.00 bits per heavy atom. The summed E-state index contributed by atoms with van der Waals surface area (Å²) in [4.78, 5) is 17.3. The third kappa shape index (κ3) is 3.57. The minimum absolute atomic E-state index is 0.0234. The molecule has 1 aromatic carbocycles. The summed E-state index contributed by atoms with van der Waals surface area (Å²) >= 11 is 1.59. The van der Waals surface area contributed by atoms with Gasteiger partial charge < -0.3 is 14.8 Å². The van der Waals surface area contributed by atoms with Crippen LogP contribution in [-0.2, 0) is 11.2 Å². The first-order chi connectivity index (χ1) is 10.7. The normalized spacial score (nSPS) is 16.3. The second-order valence-electron chi connectivity index (χ2n) is 5.16. The van der Waals surface area contributed by atoms with Crippen LogP contribution in [0.25, 0.3) is 0 Å². The molecule has 0 spiro atoms. The molecule has 1 atom stereocenters. The molecule has 3 rings (SSSR count). The van der Waals surface area contributed by atoms with E-state index in [9.17, 15) is 4.79 Å². The van der Waals surface area contributed by atoms with E-state index in [0.717, 1.165) is 23.6 Å². The van der Waals surface area contributed by atoms with Crippen LogP contribution < -0.4 is 14.8 Å². The van der Waals surface area contributed by atoms with Crippen molar-refractivity contribution in [2.45, 2.75) is 25.9 Å². The van der Waals surface area contributed by atoms with E-state index in [1.807, 2.05) is 36.7 Å². The lowest BCUT2D eigenvalue weighted by atomic mass is 10.2. The number of hydrogen-bond donors (Lipinski definition) is 1. The summed E-state index contributed by atoms with van der Waals surface area (Å²) in [6.07, 6.45) is 1.05. The van der Waals surface area contributed by atoms with Crippen LogP contribution in [0.5, 0.6) is 11.5 Å². The molecule has 1 aromatic heterocycles. The van der Waals surface area contributed by atoms with Gasteiger partial charge in [0.2, 0.25) is 5.91 Å². The van der Waals surface area contributed by atoms with Gasteiger partial charge in [0, 0.05) is 11.3 Å². The van der Waals surface area contributed by atoms with Crippen LogP contribution in [-0.4, -0.2) is 30.1 Å². The fourth-order valence-electron chi connectivity index (χ4n) is 2.27. The van der Waals surface area contributed by atoms with Gasteiger partial charge in [-0.1, -0.05) is 12.1 Å². The summed E-state index contributed by atoms with van der Waals surface area (Å²) in [7, 11) is 0. The van der Waals surface area contributed by atoms with Crippen LogP contribution in [0.2, 0.25) is 0 Å². The number of amides is 1. The first-order valence-electron chi connectivity index (χ1n) is 7.26. The van der Waals surface area contributed by atoms with Crippen molar-refractivity contribution in [1.82, 2.24) is 10.3 Å². The van der Waals surface area contributed by atoms with Crippen molar-refractivity contribution in [3.63, 3.8) is 0 Å². The summed E-state index contributed by atoms with van der Waals surface area (Å²) in [6, 6.07) is 7.56. The molecule has 0 unspecified atom stereocenters. The van der Waals surface area contributed by atoms with E-state index in [1.165, 1.54) is 4.88 Å². The van der Waals surface area contributed by atoms with Crippen molar-refractivity contribution in [3.8, 4) is 11.5 Å². The molecule has 5 nitrogen and oxygen atoms in total. The van der Waals surface area contributed by atoms with Gasteiger partial charge in [0.1, 0.15) is 12.7 Å². The highest BCUT2D eigenvalue weighted by Crippen LogP contribution is 2.30. The van der Waals surface area contributed by atoms with Crippen LogP contribution in [0.1, 0.15) is 17.0 Å². The molecule has 2 aromatic rings. The predicted molar refractivity (Wildman–Crippen MR) is 84.5 cm³/mol. The quantitative estimate of drug-likeness (QED) is 0.919. The molecular formula is C16H18N2O3S. The average molecular weight is 318 g/mol. The van der Waals surface area contributed by atoms with Crippen molar-refractivity contribution >= 4 is 17.2 Å². The van der Waals surface area contributed by atoms with E-state index in [4.69, 9.17) is 9.47 Å². The van der Waals surface area contributed by atoms with Gasteiger partial charge in [0.05, 0.1) is 17.7 Å². The van der Waals surface area contributed by atoms with Crippen molar-refractivity contribution in [1.29, 1.82) is 0 Å².